The molecular weight excluding hydrogens is 248 g/mol. The average Bonchev–Trinajstić information content (AvgIpc) is 2.47. The van der Waals surface area contributed by atoms with E-state index in [0.29, 0.717) is 6.04 Å². The monoisotopic (exact) mass is 276 g/mol. The number of hydrogen-bond acceptors (Lipinski definition) is 3. The number of rotatable bonds is 7. The van der Waals surface area contributed by atoms with E-state index in [-0.39, 0.29) is 0 Å². The van der Waals surface area contributed by atoms with Crippen molar-refractivity contribution >= 4 is 0 Å². The molecule has 0 saturated carbocycles. The Hall–Kier alpha value is -1.06. The van der Waals surface area contributed by atoms with Gasteiger partial charge in [0.15, 0.2) is 0 Å². The Labute approximate surface area is 123 Å². The molecule has 1 saturated heterocycles. The summed E-state index contributed by atoms with van der Waals surface area (Å²) in [6.07, 6.45) is 4.08. The molecule has 112 valence electrons. The van der Waals surface area contributed by atoms with Gasteiger partial charge in [-0.2, -0.15) is 0 Å². The molecular formula is C17H28N2O. The summed E-state index contributed by atoms with van der Waals surface area (Å²) in [5.74, 6) is 0.982. The lowest BCUT2D eigenvalue weighted by atomic mass is 10.1. The molecule has 3 heteroatoms. The van der Waals surface area contributed by atoms with Gasteiger partial charge in [-0.25, -0.2) is 0 Å². The summed E-state index contributed by atoms with van der Waals surface area (Å²) in [5.41, 5.74) is 1.31. The van der Waals surface area contributed by atoms with Crippen molar-refractivity contribution in [2.45, 2.75) is 45.7 Å². The minimum absolute atomic E-state index is 0.524. The van der Waals surface area contributed by atoms with E-state index in [9.17, 15) is 0 Å². The smallest absolute Gasteiger partial charge is 0.119 e. The highest BCUT2D eigenvalue weighted by molar-refractivity contribution is 5.27. The summed E-state index contributed by atoms with van der Waals surface area (Å²) < 4.78 is 5.83. The van der Waals surface area contributed by atoms with Gasteiger partial charge < -0.3 is 10.1 Å². The fourth-order valence-corrected chi connectivity index (χ4v) is 2.50. The second-order valence-corrected chi connectivity index (χ2v) is 5.93. The highest BCUT2D eigenvalue weighted by Crippen LogP contribution is 2.13. The van der Waals surface area contributed by atoms with Crippen molar-refractivity contribution in [2.24, 2.45) is 0 Å². The van der Waals surface area contributed by atoms with Crippen LogP contribution in [0.15, 0.2) is 24.3 Å². The fraction of sp³-hybridized carbons (Fsp3) is 0.647. The number of benzene rings is 1. The second kappa shape index (κ2) is 8.28. The summed E-state index contributed by atoms with van der Waals surface area (Å²) in [5, 5.41) is 3.42. The molecule has 0 aromatic heterocycles. The summed E-state index contributed by atoms with van der Waals surface area (Å²) in [7, 11) is 0. The molecule has 0 unspecified atom stereocenters. The van der Waals surface area contributed by atoms with E-state index < -0.39 is 0 Å². The topological polar surface area (TPSA) is 24.5 Å². The van der Waals surface area contributed by atoms with Crippen LogP contribution in [-0.2, 0) is 6.54 Å². The van der Waals surface area contributed by atoms with Gasteiger partial charge in [-0.3, -0.25) is 4.90 Å². The molecule has 1 heterocycles. The van der Waals surface area contributed by atoms with Crippen molar-refractivity contribution in [1.82, 2.24) is 10.2 Å². The van der Waals surface area contributed by atoms with Crippen molar-refractivity contribution in [2.75, 3.05) is 26.2 Å². The third kappa shape index (κ3) is 5.51. The molecule has 0 amide bonds. The summed E-state index contributed by atoms with van der Waals surface area (Å²) in [4.78, 5) is 2.50. The van der Waals surface area contributed by atoms with Crippen molar-refractivity contribution in [3.05, 3.63) is 29.8 Å². The largest absolute Gasteiger partial charge is 0.492 e. The Morgan fingerprint density at radius 2 is 1.80 bits per heavy atom. The zero-order valence-corrected chi connectivity index (χ0v) is 12.9. The normalized spacial score (nSPS) is 16.6. The predicted octanol–water partition coefficient (Wildman–Crippen LogP) is 3.05. The van der Waals surface area contributed by atoms with E-state index in [0.717, 1.165) is 25.4 Å². The standard InChI is InChI=1S/C17H28N2O/c1-15(2)18-14-16-6-8-17(9-7-16)20-13-12-19-10-4-3-5-11-19/h6-9,15,18H,3-5,10-14H2,1-2H3. The van der Waals surface area contributed by atoms with Gasteiger partial charge >= 0.3 is 0 Å². The second-order valence-electron chi connectivity index (χ2n) is 5.93. The molecule has 1 fully saturated rings. The molecule has 2 rings (SSSR count). The lowest BCUT2D eigenvalue weighted by Crippen LogP contribution is -2.33. The SMILES string of the molecule is CC(C)NCc1ccc(OCCN2CCCCC2)cc1. The van der Waals surface area contributed by atoms with Crippen LogP contribution in [0.25, 0.3) is 0 Å². The number of piperidine rings is 1. The maximum Gasteiger partial charge on any atom is 0.119 e. The van der Waals surface area contributed by atoms with Crippen LogP contribution in [0.1, 0.15) is 38.7 Å². The predicted molar refractivity (Wildman–Crippen MR) is 84.2 cm³/mol. The Morgan fingerprint density at radius 1 is 1.10 bits per heavy atom. The van der Waals surface area contributed by atoms with Crippen molar-refractivity contribution in [3.8, 4) is 5.75 Å². The first-order chi connectivity index (χ1) is 9.74. The fourth-order valence-electron chi connectivity index (χ4n) is 2.50. The Morgan fingerprint density at radius 3 is 2.45 bits per heavy atom. The lowest BCUT2D eigenvalue weighted by molar-refractivity contribution is 0.183. The van der Waals surface area contributed by atoms with Crippen molar-refractivity contribution < 1.29 is 4.74 Å². The molecule has 1 aliphatic heterocycles. The van der Waals surface area contributed by atoms with Crippen LogP contribution in [0.4, 0.5) is 0 Å². The van der Waals surface area contributed by atoms with Crippen LogP contribution >= 0.6 is 0 Å². The van der Waals surface area contributed by atoms with Crippen LogP contribution in [0.2, 0.25) is 0 Å². The van der Waals surface area contributed by atoms with Crippen LogP contribution in [0.5, 0.6) is 5.75 Å². The number of hydrogen-bond donors (Lipinski definition) is 1. The minimum Gasteiger partial charge on any atom is -0.492 e. The van der Waals surface area contributed by atoms with Gasteiger partial charge in [-0.15, -0.1) is 0 Å². The third-order valence-corrected chi connectivity index (χ3v) is 3.76. The lowest BCUT2D eigenvalue weighted by Gasteiger charge is -2.26. The quantitative estimate of drug-likeness (QED) is 0.828. The maximum atomic E-state index is 5.83. The summed E-state index contributed by atoms with van der Waals surface area (Å²) in [6.45, 7) is 9.58. The van der Waals surface area contributed by atoms with Crippen LogP contribution in [-0.4, -0.2) is 37.2 Å². The van der Waals surface area contributed by atoms with Gasteiger partial charge in [0.25, 0.3) is 0 Å². The zero-order valence-electron chi connectivity index (χ0n) is 12.9. The number of ether oxygens (including phenoxy) is 1. The van der Waals surface area contributed by atoms with Gasteiger partial charge in [0, 0.05) is 19.1 Å². The molecule has 0 spiro atoms. The highest BCUT2D eigenvalue weighted by atomic mass is 16.5. The Kier molecular flexibility index (Phi) is 6.34. The molecule has 0 radical (unpaired) electrons. The van der Waals surface area contributed by atoms with Crippen molar-refractivity contribution in [3.63, 3.8) is 0 Å². The minimum atomic E-state index is 0.524. The third-order valence-electron chi connectivity index (χ3n) is 3.76. The van der Waals surface area contributed by atoms with Crippen LogP contribution in [0.3, 0.4) is 0 Å². The molecule has 1 aliphatic rings. The van der Waals surface area contributed by atoms with E-state index in [1.165, 1.54) is 37.9 Å². The summed E-state index contributed by atoms with van der Waals surface area (Å²) >= 11 is 0. The van der Waals surface area contributed by atoms with Crippen LogP contribution in [0, 0.1) is 0 Å². The molecule has 0 atom stereocenters. The average molecular weight is 276 g/mol. The summed E-state index contributed by atoms with van der Waals surface area (Å²) in [6, 6.07) is 8.97. The first-order valence-corrected chi connectivity index (χ1v) is 7.91. The molecule has 20 heavy (non-hydrogen) atoms. The van der Waals surface area contributed by atoms with Gasteiger partial charge in [0.1, 0.15) is 12.4 Å². The first kappa shape index (κ1) is 15.3. The number of likely N-dealkylation sites (tertiary alicyclic amines) is 1. The molecule has 3 nitrogen and oxygen atoms in total. The molecule has 0 bridgehead atoms. The van der Waals surface area contributed by atoms with Gasteiger partial charge in [0.05, 0.1) is 0 Å². The number of nitrogens with zero attached hydrogens (tertiary/aromatic N) is 1. The van der Waals surface area contributed by atoms with Gasteiger partial charge in [0.2, 0.25) is 0 Å². The van der Waals surface area contributed by atoms with E-state index in [1.807, 2.05) is 0 Å². The van der Waals surface area contributed by atoms with E-state index in [1.54, 1.807) is 0 Å². The first-order valence-electron chi connectivity index (χ1n) is 7.91. The zero-order chi connectivity index (χ0) is 14.2. The van der Waals surface area contributed by atoms with Gasteiger partial charge in [-0.05, 0) is 43.6 Å². The Balaban J connectivity index is 1.67. The molecule has 0 aliphatic carbocycles. The molecule has 1 aromatic carbocycles. The molecule has 1 aromatic rings. The van der Waals surface area contributed by atoms with E-state index >= 15 is 0 Å². The van der Waals surface area contributed by atoms with Crippen LogP contribution < -0.4 is 10.1 Å². The Bertz CT molecular complexity index is 369. The number of nitrogens with one attached hydrogen (secondary N) is 1. The van der Waals surface area contributed by atoms with E-state index in [4.69, 9.17) is 4.74 Å². The highest BCUT2D eigenvalue weighted by Gasteiger charge is 2.09. The molecule has 1 N–H and O–H groups in total. The maximum absolute atomic E-state index is 5.83. The van der Waals surface area contributed by atoms with Crippen molar-refractivity contribution in [1.29, 1.82) is 0 Å². The van der Waals surface area contributed by atoms with Gasteiger partial charge in [-0.1, -0.05) is 32.4 Å². The van der Waals surface area contributed by atoms with E-state index in [2.05, 4.69) is 48.3 Å².